The zero-order chi connectivity index (χ0) is 16.1. The van der Waals surface area contributed by atoms with E-state index in [4.69, 9.17) is 0 Å². The van der Waals surface area contributed by atoms with Crippen molar-refractivity contribution in [2.45, 2.75) is 18.9 Å². The molecule has 0 saturated carbocycles. The molecule has 3 N–H and O–H groups in total. The first-order chi connectivity index (χ1) is 10.5. The minimum absolute atomic E-state index is 0. The van der Waals surface area contributed by atoms with Crippen LogP contribution in [0.1, 0.15) is 23.2 Å². The summed E-state index contributed by atoms with van der Waals surface area (Å²) in [5, 5.41) is 15.2. The highest BCUT2D eigenvalue weighted by molar-refractivity contribution is 5.97. The molecule has 0 aliphatic carbocycles. The van der Waals surface area contributed by atoms with Crippen molar-refractivity contribution in [1.82, 2.24) is 10.6 Å². The Balaban J connectivity index is 0.00000264. The molecular formula is C15H19ClF2N2O3. The summed E-state index contributed by atoms with van der Waals surface area (Å²) in [7, 11) is 0. The van der Waals surface area contributed by atoms with E-state index in [1.54, 1.807) is 0 Å². The van der Waals surface area contributed by atoms with Gasteiger partial charge in [0, 0.05) is 44.0 Å². The van der Waals surface area contributed by atoms with Gasteiger partial charge in [-0.15, -0.1) is 12.4 Å². The van der Waals surface area contributed by atoms with Gasteiger partial charge in [-0.25, -0.2) is 8.78 Å². The number of aliphatic hydroxyl groups is 1. The van der Waals surface area contributed by atoms with Crippen LogP contribution in [0, 0.1) is 17.6 Å². The molecule has 0 aromatic heterocycles. The number of hydrogen-bond donors (Lipinski definition) is 3. The first-order valence-corrected chi connectivity index (χ1v) is 7.11. The van der Waals surface area contributed by atoms with Gasteiger partial charge in [-0.3, -0.25) is 9.59 Å². The molecule has 1 aliphatic heterocycles. The lowest BCUT2D eigenvalue weighted by atomic mass is 10.1. The highest BCUT2D eigenvalue weighted by Gasteiger charge is 2.25. The fourth-order valence-electron chi connectivity index (χ4n) is 2.30. The van der Waals surface area contributed by atoms with Crippen LogP contribution < -0.4 is 10.6 Å². The Morgan fingerprint density at radius 1 is 1.22 bits per heavy atom. The van der Waals surface area contributed by atoms with Crippen LogP contribution in [0.25, 0.3) is 0 Å². The summed E-state index contributed by atoms with van der Waals surface area (Å²) in [5.74, 6) is -2.87. The van der Waals surface area contributed by atoms with Gasteiger partial charge in [-0.05, 0) is 18.2 Å². The van der Waals surface area contributed by atoms with E-state index in [-0.39, 0.29) is 42.6 Å². The highest BCUT2D eigenvalue weighted by Crippen LogP contribution is 2.12. The number of benzene rings is 1. The summed E-state index contributed by atoms with van der Waals surface area (Å²) < 4.78 is 25.8. The van der Waals surface area contributed by atoms with E-state index < -0.39 is 23.5 Å². The average Bonchev–Trinajstić information content (AvgIpc) is 2.90. The molecule has 2 rings (SSSR count). The number of ketones is 1. The Labute approximate surface area is 138 Å². The molecular weight excluding hydrogens is 330 g/mol. The molecule has 0 bridgehead atoms. The molecule has 1 aliphatic rings. The van der Waals surface area contributed by atoms with E-state index in [2.05, 4.69) is 10.6 Å². The van der Waals surface area contributed by atoms with Gasteiger partial charge >= 0.3 is 0 Å². The molecule has 2 atom stereocenters. The quantitative estimate of drug-likeness (QED) is 0.671. The summed E-state index contributed by atoms with van der Waals surface area (Å²) in [6.45, 7) is 1.48. The van der Waals surface area contributed by atoms with E-state index >= 15 is 0 Å². The lowest BCUT2D eigenvalue weighted by Crippen LogP contribution is -2.34. The Morgan fingerprint density at radius 2 is 1.96 bits per heavy atom. The predicted octanol–water partition coefficient (Wildman–Crippen LogP) is 1.05. The fourth-order valence-corrected chi connectivity index (χ4v) is 2.30. The SMILES string of the molecule is Cl.O=C(CCC(=O)c1ccc(F)c(F)c1)NCC1CNCC1O. The molecule has 2 unspecified atom stereocenters. The van der Waals surface area contributed by atoms with Crippen LogP contribution in [-0.2, 0) is 4.79 Å². The van der Waals surface area contributed by atoms with Gasteiger partial charge in [-0.2, -0.15) is 0 Å². The summed E-state index contributed by atoms with van der Waals surface area (Å²) in [4.78, 5) is 23.5. The third-order valence-corrected chi connectivity index (χ3v) is 3.69. The Morgan fingerprint density at radius 3 is 2.57 bits per heavy atom. The van der Waals surface area contributed by atoms with Crippen LogP contribution in [0.5, 0.6) is 0 Å². The number of hydrogen-bond acceptors (Lipinski definition) is 4. The molecule has 1 aromatic carbocycles. The summed E-state index contributed by atoms with van der Waals surface area (Å²) in [5.41, 5.74) is 0.0436. The highest BCUT2D eigenvalue weighted by atomic mass is 35.5. The summed E-state index contributed by atoms with van der Waals surface area (Å²) in [6, 6.07) is 2.91. The number of nitrogens with one attached hydrogen (secondary N) is 2. The fraction of sp³-hybridized carbons (Fsp3) is 0.467. The largest absolute Gasteiger partial charge is 0.391 e. The molecule has 1 heterocycles. The summed E-state index contributed by atoms with van der Waals surface area (Å²) in [6.07, 6.45) is -0.597. The van der Waals surface area contributed by atoms with Gasteiger partial charge in [0.15, 0.2) is 17.4 Å². The van der Waals surface area contributed by atoms with Crippen molar-refractivity contribution in [1.29, 1.82) is 0 Å². The van der Waals surface area contributed by atoms with Crippen molar-refractivity contribution >= 4 is 24.1 Å². The molecule has 1 fully saturated rings. The van der Waals surface area contributed by atoms with Gasteiger partial charge in [0.2, 0.25) is 5.91 Å². The third-order valence-electron chi connectivity index (χ3n) is 3.69. The van der Waals surface area contributed by atoms with Crippen LogP contribution in [0.4, 0.5) is 8.78 Å². The normalized spacial score (nSPS) is 20.0. The van der Waals surface area contributed by atoms with Crippen molar-refractivity contribution < 1.29 is 23.5 Å². The van der Waals surface area contributed by atoms with E-state index in [0.29, 0.717) is 19.6 Å². The van der Waals surface area contributed by atoms with E-state index in [9.17, 15) is 23.5 Å². The molecule has 8 heteroatoms. The Bertz CT molecular complexity index is 572. The Kier molecular flexibility index (Phi) is 7.54. The van der Waals surface area contributed by atoms with Crippen LogP contribution in [0.3, 0.4) is 0 Å². The van der Waals surface area contributed by atoms with Gasteiger partial charge in [0.05, 0.1) is 6.10 Å². The van der Waals surface area contributed by atoms with Crippen LogP contribution in [0.2, 0.25) is 0 Å². The molecule has 5 nitrogen and oxygen atoms in total. The number of β-amino-alcohol motifs (C(OH)–C–C–N with tert-alkyl or cyclic N) is 1. The van der Waals surface area contributed by atoms with Crippen LogP contribution in [-0.4, -0.2) is 42.5 Å². The standard InChI is InChI=1S/C15H18F2N2O3.ClH/c16-11-2-1-9(5-12(11)17)13(20)3-4-15(22)19-7-10-6-18-8-14(10)21;/h1-2,5,10,14,18,21H,3-4,6-8H2,(H,19,22);1H. The second-order valence-corrected chi connectivity index (χ2v) is 5.34. The molecule has 1 amide bonds. The number of aliphatic hydroxyl groups excluding tert-OH is 1. The van der Waals surface area contributed by atoms with E-state index in [1.165, 1.54) is 6.07 Å². The molecule has 0 spiro atoms. The van der Waals surface area contributed by atoms with Gasteiger partial charge in [-0.1, -0.05) is 0 Å². The van der Waals surface area contributed by atoms with Crippen LogP contribution in [0.15, 0.2) is 18.2 Å². The maximum Gasteiger partial charge on any atom is 0.220 e. The van der Waals surface area contributed by atoms with Crippen molar-refractivity contribution in [3.8, 4) is 0 Å². The lowest BCUT2D eigenvalue weighted by molar-refractivity contribution is -0.121. The molecule has 23 heavy (non-hydrogen) atoms. The van der Waals surface area contributed by atoms with Crippen molar-refractivity contribution in [2.24, 2.45) is 5.92 Å². The van der Waals surface area contributed by atoms with Gasteiger partial charge in [0.1, 0.15) is 0 Å². The number of carbonyl (C=O) groups excluding carboxylic acids is 2. The minimum Gasteiger partial charge on any atom is -0.391 e. The second-order valence-electron chi connectivity index (χ2n) is 5.34. The molecule has 1 saturated heterocycles. The molecule has 1 aromatic rings. The van der Waals surface area contributed by atoms with Gasteiger partial charge in [0.25, 0.3) is 0 Å². The average molecular weight is 349 g/mol. The maximum atomic E-state index is 13.0. The number of Topliss-reactive ketones (excluding diaryl/α,β-unsaturated/α-hetero) is 1. The first kappa shape index (κ1) is 19.5. The van der Waals surface area contributed by atoms with E-state index in [0.717, 1.165) is 12.1 Å². The number of carbonyl (C=O) groups is 2. The number of halogens is 3. The van der Waals surface area contributed by atoms with Crippen molar-refractivity contribution in [3.63, 3.8) is 0 Å². The smallest absolute Gasteiger partial charge is 0.220 e. The molecule has 128 valence electrons. The van der Waals surface area contributed by atoms with E-state index in [1.807, 2.05) is 0 Å². The monoisotopic (exact) mass is 348 g/mol. The first-order valence-electron chi connectivity index (χ1n) is 7.11. The predicted molar refractivity (Wildman–Crippen MR) is 82.5 cm³/mol. The molecule has 0 radical (unpaired) electrons. The number of amides is 1. The minimum atomic E-state index is -1.09. The third kappa shape index (κ3) is 5.53. The van der Waals surface area contributed by atoms with Gasteiger partial charge < -0.3 is 15.7 Å². The summed E-state index contributed by atoms with van der Waals surface area (Å²) >= 11 is 0. The maximum absolute atomic E-state index is 13.0. The van der Waals surface area contributed by atoms with Crippen molar-refractivity contribution in [3.05, 3.63) is 35.4 Å². The lowest BCUT2D eigenvalue weighted by Gasteiger charge is -2.13. The zero-order valence-electron chi connectivity index (χ0n) is 12.4. The second kappa shape index (κ2) is 8.90. The van der Waals surface area contributed by atoms with Crippen LogP contribution >= 0.6 is 12.4 Å². The van der Waals surface area contributed by atoms with Crippen molar-refractivity contribution in [2.75, 3.05) is 19.6 Å². The topological polar surface area (TPSA) is 78.4 Å². The number of rotatable bonds is 6. The zero-order valence-corrected chi connectivity index (χ0v) is 13.2. The Hall–Kier alpha value is -1.57.